The van der Waals surface area contributed by atoms with E-state index in [1.54, 1.807) is 0 Å². The van der Waals surface area contributed by atoms with Crippen molar-refractivity contribution < 1.29 is 9.53 Å². The van der Waals surface area contributed by atoms with Crippen LogP contribution < -0.4 is 5.73 Å². The highest BCUT2D eigenvalue weighted by atomic mass is 35.5. The number of rotatable bonds is 4. The lowest BCUT2D eigenvalue weighted by Crippen LogP contribution is -2.16. The molecule has 0 aromatic heterocycles. The second-order valence-corrected chi connectivity index (χ2v) is 4.33. The molecule has 0 amide bonds. The van der Waals surface area contributed by atoms with Crippen LogP contribution in [0.3, 0.4) is 0 Å². The highest BCUT2D eigenvalue weighted by Gasteiger charge is 2.24. The van der Waals surface area contributed by atoms with Crippen LogP contribution in [0.1, 0.15) is 42.3 Å². The predicted octanol–water partition coefficient (Wildman–Crippen LogP) is 2.55. The third-order valence-electron chi connectivity index (χ3n) is 3.00. The molecular weight excluding hydrogens is 238 g/mol. The predicted molar refractivity (Wildman–Crippen MR) is 69.2 cm³/mol. The second kappa shape index (κ2) is 6.03. The Morgan fingerprint density at radius 2 is 2.24 bits per heavy atom. The molecule has 1 aromatic rings. The van der Waals surface area contributed by atoms with Crippen molar-refractivity contribution in [3.63, 3.8) is 0 Å². The molecule has 2 rings (SSSR count). The Morgan fingerprint density at radius 3 is 2.82 bits per heavy atom. The van der Waals surface area contributed by atoms with E-state index in [9.17, 15) is 4.79 Å². The zero-order valence-corrected chi connectivity index (χ0v) is 10.7. The van der Waals surface area contributed by atoms with E-state index < -0.39 is 0 Å². The minimum absolute atomic E-state index is 0. The number of esters is 1. The summed E-state index contributed by atoms with van der Waals surface area (Å²) in [5.74, 6) is 0.453. The Kier molecular flexibility index (Phi) is 4.97. The molecule has 3 nitrogen and oxygen atoms in total. The fraction of sp³-hybridized carbons (Fsp3) is 0.462. The summed E-state index contributed by atoms with van der Waals surface area (Å²) in [7, 11) is 1.38. The molecule has 94 valence electrons. The van der Waals surface area contributed by atoms with Gasteiger partial charge in [0.05, 0.1) is 13.5 Å². The number of benzene rings is 1. The highest BCUT2D eigenvalue weighted by molar-refractivity contribution is 5.85. The summed E-state index contributed by atoms with van der Waals surface area (Å²) < 4.78 is 4.61. The monoisotopic (exact) mass is 255 g/mol. The molecule has 0 saturated heterocycles. The average molecular weight is 256 g/mol. The first-order valence-corrected chi connectivity index (χ1v) is 5.63. The lowest BCUT2D eigenvalue weighted by atomic mass is 10.0. The molecule has 4 heteroatoms. The van der Waals surface area contributed by atoms with Crippen molar-refractivity contribution in [2.24, 2.45) is 5.73 Å². The number of carbonyl (C=O) groups excluding carboxylic acids is 1. The van der Waals surface area contributed by atoms with Crippen LogP contribution in [0.25, 0.3) is 0 Å². The van der Waals surface area contributed by atoms with Crippen LogP contribution in [0.2, 0.25) is 0 Å². The first kappa shape index (κ1) is 14.0. The molecule has 1 atom stereocenters. The van der Waals surface area contributed by atoms with Gasteiger partial charge in [-0.1, -0.05) is 24.3 Å². The van der Waals surface area contributed by atoms with Gasteiger partial charge >= 0.3 is 5.97 Å². The number of hydrogen-bond donors (Lipinski definition) is 1. The molecule has 0 spiro atoms. The van der Waals surface area contributed by atoms with Crippen molar-refractivity contribution in [3.8, 4) is 0 Å². The maximum atomic E-state index is 11.1. The van der Waals surface area contributed by atoms with Gasteiger partial charge in [0.1, 0.15) is 0 Å². The van der Waals surface area contributed by atoms with Gasteiger partial charge in [0.15, 0.2) is 0 Å². The van der Waals surface area contributed by atoms with E-state index in [-0.39, 0.29) is 30.8 Å². The molecule has 1 aliphatic carbocycles. The van der Waals surface area contributed by atoms with Gasteiger partial charge in [-0.15, -0.1) is 12.4 Å². The molecule has 0 bridgehead atoms. The van der Waals surface area contributed by atoms with E-state index in [1.165, 1.54) is 25.5 Å². The first-order chi connectivity index (χ1) is 7.70. The number of halogens is 1. The van der Waals surface area contributed by atoms with Crippen molar-refractivity contribution in [3.05, 3.63) is 35.4 Å². The lowest BCUT2D eigenvalue weighted by molar-refractivity contribution is -0.141. The Labute approximate surface area is 108 Å². The highest BCUT2D eigenvalue weighted by Crippen LogP contribution is 2.40. The van der Waals surface area contributed by atoms with E-state index in [1.807, 2.05) is 12.1 Å². The molecule has 0 unspecified atom stereocenters. The SMILES string of the molecule is COC(=O)C[C@H](N)c1cccc(C2CC2)c1.Cl. The molecule has 2 N–H and O–H groups in total. The molecule has 0 aliphatic heterocycles. The quantitative estimate of drug-likeness (QED) is 0.842. The van der Waals surface area contributed by atoms with Crippen LogP contribution in [0.4, 0.5) is 0 Å². The number of hydrogen-bond acceptors (Lipinski definition) is 3. The summed E-state index contributed by atoms with van der Waals surface area (Å²) in [6.07, 6.45) is 2.79. The van der Waals surface area contributed by atoms with E-state index >= 15 is 0 Å². The molecule has 1 saturated carbocycles. The average Bonchev–Trinajstić information content (AvgIpc) is 3.13. The van der Waals surface area contributed by atoms with Gasteiger partial charge in [-0.3, -0.25) is 4.79 Å². The van der Waals surface area contributed by atoms with Gasteiger partial charge in [-0.05, 0) is 29.9 Å². The van der Waals surface area contributed by atoms with E-state index in [2.05, 4.69) is 16.9 Å². The van der Waals surface area contributed by atoms with Gasteiger partial charge in [0, 0.05) is 6.04 Å². The molecule has 0 radical (unpaired) electrons. The van der Waals surface area contributed by atoms with Crippen LogP contribution in [0, 0.1) is 0 Å². The molecule has 1 aliphatic rings. The fourth-order valence-electron chi connectivity index (χ4n) is 1.84. The van der Waals surface area contributed by atoms with Crippen LogP contribution in [0.15, 0.2) is 24.3 Å². The van der Waals surface area contributed by atoms with Gasteiger partial charge in [0.25, 0.3) is 0 Å². The summed E-state index contributed by atoms with van der Waals surface area (Å²) in [5, 5.41) is 0. The summed E-state index contributed by atoms with van der Waals surface area (Å²) >= 11 is 0. The number of methoxy groups -OCH3 is 1. The Hall–Kier alpha value is -1.06. The maximum Gasteiger partial charge on any atom is 0.307 e. The maximum absolute atomic E-state index is 11.1. The minimum atomic E-state index is -0.260. The standard InChI is InChI=1S/C13H17NO2.ClH/c1-16-13(15)8-12(14)11-4-2-3-10(7-11)9-5-6-9;/h2-4,7,9,12H,5-6,8,14H2,1H3;1H/t12-;/m0./s1. The molecular formula is C13H18ClNO2. The summed E-state index contributed by atoms with van der Waals surface area (Å²) in [4.78, 5) is 11.1. The molecule has 1 aromatic carbocycles. The zero-order valence-electron chi connectivity index (χ0n) is 9.89. The fourth-order valence-corrected chi connectivity index (χ4v) is 1.84. The minimum Gasteiger partial charge on any atom is -0.469 e. The van der Waals surface area contributed by atoms with Crippen molar-refractivity contribution in [2.45, 2.75) is 31.2 Å². The summed E-state index contributed by atoms with van der Waals surface area (Å²) in [6, 6.07) is 7.97. The van der Waals surface area contributed by atoms with Crippen molar-refractivity contribution in [2.75, 3.05) is 7.11 Å². The normalized spacial score (nSPS) is 15.9. The van der Waals surface area contributed by atoms with Crippen LogP contribution >= 0.6 is 12.4 Å². The third kappa shape index (κ3) is 3.72. The molecule has 1 fully saturated rings. The lowest BCUT2D eigenvalue weighted by Gasteiger charge is -2.11. The smallest absolute Gasteiger partial charge is 0.307 e. The Bertz CT molecular complexity index is 391. The summed E-state index contributed by atoms with van der Waals surface area (Å²) in [6.45, 7) is 0. The van der Waals surface area contributed by atoms with E-state index in [0.29, 0.717) is 5.92 Å². The van der Waals surface area contributed by atoms with Crippen LogP contribution in [-0.2, 0) is 9.53 Å². The Balaban J connectivity index is 0.00000144. The van der Waals surface area contributed by atoms with E-state index in [0.717, 1.165) is 5.56 Å². The van der Waals surface area contributed by atoms with Gasteiger partial charge in [0.2, 0.25) is 0 Å². The zero-order chi connectivity index (χ0) is 11.5. The first-order valence-electron chi connectivity index (χ1n) is 5.63. The van der Waals surface area contributed by atoms with Gasteiger partial charge < -0.3 is 10.5 Å². The number of ether oxygens (including phenoxy) is 1. The van der Waals surface area contributed by atoms with Crippen molar-refractivity contribution in [1.82, 2.24) is 0 Å². The van der Waals surface area contributed by atoms with E-state index in [4.69, 9.17) is 5.73 Å². The van der Waals surface area contributed by atoms with Gasteiger partial charge in [-0.2, -0.15) is 0 Å². The molecule has 17 heavy (non-hydrogen) atoms. The number of carbonyl (C=O) groups is 1. The van der Waals surface area contributed by atoms with Crippen LogP contribution in [0.5, 0.6) is 0 Å². The topological polar surface area (TPSA) is 52.3 Å². The largest absolute Gasteiger partial charge is 0.469 e. The van der Waals surface area contributed by atoms with Crippen molar-refractivity contribution >= 4 is 18.4 Å². The third-order valence-corrected chi connectivity index (χ3v) is 3.00. The molecule has 0 heterocycles. The summed E-state index contributed by atoms with van der Waals surface area (Å²) in [5.41, 5.74) is 8.33. The van der Waals surface area contributed by atoms with Crippen LogP contribution in [-0.4, -0.2) is 13.1 Å². The van der Waals surface area contributed by atoms with Gasteiger partial charge in [-0.25, -0.2) is 0 Å². The van der Waals surface area contributed by atoms with Crippen molar-refractivity contribution in [1.29, 1.82) is 0 Å². The Morgan fingerprint density at radius 1 is 1.53 bits per heavy atom. The number of nitrogens with two attached hydrogens (primary N) is 1. The second-order valence-electron chi connectivity index (χ2n) is 4.33.